The molecule has 0 aliphatic carbocycles. The van der Waals surface area contributed by atoms with Crippen LogP contribution < -0.4 is 15.5 Å². The van der Waals surface area contributed by atoms with Crippen LogP contribution >= 0.6 is 12.2 Å². The van der Waals surface area contributed by atoms with Gasteiger partial charge in [-0.15, -0.1) is 0 Å². The van der Waals surface area contributed by atoms with Crippen molar-refractivity contribution >= 4 is 28.7 Å². The summed E-state index contributed by atoms with van der Waals surface area (Å²) < 4.78 is 0. The van der Waals surface area contributed by atoms with Gasteiger partial charge in [0.05, 0.1) is 0 Å². The predicted molar refractivity (Wildman–Crippen MR) is 112 cm³/mol. The highest BCUT2D eigenvalue weighted by atomic mass is 32.1. The minimum atomic E-state index is 0.581. The smallest absolute Gasteiger partial charge is 0.170 e. The Bertz CT molecular complexity index is 757. The molecular weight excluding hydrogens is 326 g/mol. The third-order valence-electron chi connectivity index (χ3n) is 4.84. The maximum absolute atomic E-state index is 5.43. The van der Waals surface area contributed by atoms with Crippen LogP contribution in [-0.2, 0) is 6.42 Å². The summed E-state index contributed by atoms with van der Waals surface area (Å²) in [5.74, 6) is 0. The minimum absolute atomic E-state index is 0.581. The van der Waals surface area contributed by atoms with E-state index in [0.717, 1.165) is 31.6 Å². The molecule has 1 unspecified atom stereocenters. The summed E-state index contributed by atoms with van der Waals surface area (Å²) in [5, 5.41) is 7.32. The molecular formula is C21H27N3S. The summed E-state index contributed by atoms with van der Waals surface area (Å²) in [6.45, 7) is 8.44. The van der Waals surface area contributed by atoms with Crippen molar-refractivity contribution in [2.75, 3.05) is 23.3 Å². The molecule has 1 aliphatic rings. The van der Waals surface area contributed by atoms with Crippen molar-refractivity contribution in [3.63, 3.8) is 0 Å². The number of para-hydroxylation sites is 1. The molecule has 1 atom stereocenters. The topological polar surface area (TPSA) is 27.3 Å². The number of nitrogens with zero attached hydrogens (tertiary/aromatic N) is 1. The lowest BCUT2D eigenvalue weighted by atomic mass is 10.1. The van der Waals surface area contributed by atoms with Crippen LogP contribution in [0, 0.1) is 13.8 Å². The molecule has 3 nitrogen and oxygen atoms in total. The van der Waals surface area contributed by atoms with Gasteiger partial charge in [-0.3, -0.25) is 0 Å². The van der Waals surface area contributed by atoms with Crippen molar-refractivity contribution in [1.82, 2.24) is 5.32 Å². The van der Waals surface area contributed by atoms with E-state index in [1.54, 1.807) is 0 Å². The monoisotopic (exact) mass is 353 g/mol. The molecule has 25 heavy (non-hydrogen) atoms. The van der Waals surface area contributed by atoms with Gasteiger partial charge < -0.3 is 15.5 Å². The predicted octanol–water partition coefficient (Wildman–Crippen LogP) is 4.43. The minimum Gasteiger partial charge on any atom is -0.368 e. The zero-order valence-electron chi connectivity index (χ0n) is 15.3. The van der Waals surface area contributed by atoms with E-state index in [2.05, 4.69) is 78.8 Å². The number of aryl methyl sites for hydroxylation is 2. The lowest BCUT2D eigenvalue weighted by molar-refractivity contribution is 0.641. The van der Waals surface area contributed by atoms with E-state index in [-0.39, 0.29) is 0 Å². The fourth-order valence-electron chi connectivity index (χ4n) is 3.54. The molecule has 0 saturated heterocycles. The number of benzene rings is 2. The van der Waals surface area contributed by atoms with Crippen molar-refractivity contribution in [3.8, 4) is 0 Å². The van der Waals surface area contributed by atoms with Gasteiger partial charge >= 0.3 is 0 Å². The number of hydrogen-bond acceptors (Lipinski definition) is 2. The molecule has 0 saturated carbocycles. The lowest BCUT2D eigenvalue weighted by Gasteiger charge is -2.25. The van der Waals surface area contributed by atoms with E-state index in [4.69, 9.17) is 12.2 Å². The number of thiocarbonyl (C=S) groups is 1. The quantitative estimate of drug-likeness (QED) is 0.614. The molecule has 0 spiro atoms. The molecule has 2 N–H and O–H groups in total. The Balaban J connectivity index is 1.45. The van der Waals surface area contributed by atoms with Crippen LogP contribution in [-0.4, -0.2) is 24.2 Å². The fourth-order valence-corrected chi connectivity index (χ4v) is 3.75. The van der Waals surface area contributed by atoms with Crippen molar-refractivity contribution in [1.29, 1.82) is 0 Å². The summed E-state index contributed by atoms with van der Waals surface area (Å²) in [7, 11) is 0. The second kappa shape index (κ2) is 7.87. The van der Waals surface area contributed by atoms with Gasteiger partial charge in [-0.25, -0.2) is 0 Å². The van der Waals surface area contributed by atoms with E-state index in [1.807, 2.05) is 0 Å². The van der Waals surface area contributed by atoms with Crippen LogP contribution in [0.3, 0.4) is 0 Å². The maximum atomic E-state index is 5.43. The Kier molecular flexibility index (Phi) is 5.59. The van der Waals surface area contributed by atoms with Crippen molar-refractivity contribution in [3.05, 3.63) is 59.2 Å². The van der Waals surface area contributed by atoms with E-state index in [9.17, 15) is 0 Å². The van der Waals surface area contributed by atoms with E-state index in [1.165, 1.54) is 22.4 Å². The molecule has 3 rings (SSSR count). The average molecular weight is 354 g/mol. The molecule has 2 aromatic rings. The molecule has 0 fully saturated rings. The molecule has 0 radical (unpaired) electrons. The molecule has 1 heterocycles. The van der Waals surface area contributed by atoms with Gasteiger partial charge in [0.25, 0.3) is 0 Å². The molecule has 0 amide bonds. The second-order valence-corrected chi connectivity index (χ2v) is 7.34. The first-order valence-electron chi connectivity index (χ1n) is 9.01. The Hall–Kier alpha value is -2.07. The maximum Gasteiger partial charge on any atom is 0.170 e. The molecule has 132 valence electrons. The number of rotatable bonds is 5. The van der Waals surface area contributed by atoms with Crippen LogP contribution in [0.2, 0.25) is 0 Å². The summed E-state index contributed by atoms with van der Waals surface area (Å²) >= 11 is 5.43. The molecule has 4 heteroatoms. The number of nitrogens with one attached hydrogen (secondary N) is 2. The SMILES string of the molecule is Cc1ccc(NC(=S)NCCCN2c3ccccc3CC2C)c(C)c1. The highest BCUT2D eigenvalue weighted by Gasteiger charge is 2.24. The highest BCUT2D eigenvalue weighted by Crippen LogP contribution is 2.31. The van der Waals surface area contributed by atoms with Crippen LogP contribution in [0.25, 0.3) is 0 Å². The summed E-state index contributed by atoms with van der Waals surface area (Å²) in [6.07, 6.45) is 2.21. The number of hydrogen-bond donors (Lipinski definition) is 2. The second-order valence-electron chi connectivity index (χ2n) is 6.93. The van der Waals surface area contributed by atoms with Gasteiger partial charge in [-0.05, 0) is 69.1 Å². The molecule has 1 aliphatic heterocycles. The Labute approximate surface area is 156 Å². The third kappa shape index (κ3) is 4.31. The Morgan fingerprint density at radius 3 is 2.80 bits per heavy atom. The van der Waals surface area contributed by atoms with Crippen LogP contribution in [0.15, 0.2) is 42.5 Å². The van der Waals surface area contributed by atoms with Gasteiger partial charge in [0.1, 0.15) is 0 Å². The van der Waals surface area contributed by atoms with E-state index >= 15 is 0 Å². The van der Waals surface area contributed by atoms with Gasteiger partial charge in [-0.1, -0.05) is 35.9 Å². The highest BCUT2D eigenvalue weighted by molar-refractivity contribution is 7.80. The van der Waals surface area contributed by atoms with E-state index in [0.29, 0.717) is 11.2 Å². The lowest BCUT2D eigenvalue weighted by Crippen LogP contribution is -2.34. The average Bonchev–Trinajstić information content (AvgIpc) is 2.90. The zero-order chi connectivity index (χ0) is 17.8. The largest absolute Gasteiger partial charge is 0.368 e. The van der Waals surface area contributed by atoms with Gasteiger partial charge in [0.15, 0.2) is 5.11 Å². The van der Waals surface area contributed by atoms with Crippen LogP contribution in [0.4, 0.5) is 11.4 Å². The van der Waals surface area contributed by atoms with Crippen molar-refractivity contribution in [2.24, 2.45) is 0 Å². The van der Waals surface area contributed by atoms with Gasteiger partial charge in [0.2, 0.25) is 0 Å². The van der Waals surface area contributed by atoms with Crippen molar-refractivity contribution in [2.45, 2.75) is 39.7 Å². The van der Waals surface area contributed by atoms with Crippen molar-refractivity contribution < 1.29 is 0 Å². The van der Waals surface area contributed by atoms with Crippen LogP contribution in [0.5, 0.6) is 0 Å². The number of fused-ring (bicyclic) bond motifs is 1. The first kappa shape index (κ1) is 17.7. The van der Waals surface area contributed by atoms with Gasteiger partial charge in [0, 0.05) is 30.5 Å². The Morgan fingerprint density at radius 2 is 2.00 bits per heavy atom. The summed E-state index contributed by atoms with van der Waals surface area (Å²) in [5.41, 5.74) is 6.42. The summed E-state index contributed by atoms with van der Waals surface area (Å²) in [4.78, 5) is 2.51. The standard InChI is InChI=1S/C21H27N3S/c1-15-9-10-19(16(2)13-15)23-21(25)22-11-6-12-24-17(3)14-18-7-4-5-8-20(18)24/h4-5,7-10,13,17H,6,11-12,14H2,1-3H3,(H2,22,23,25). The fraction of sp³-hybridized carbons (Fsp3) is 0.381. The number of anilines is 2. The zero-order valence-corrected chi connectivity index (χ0v) is 16.1. The van der Waals surface area contributed by atoms with Gasteiger partial charge in [-0.2, -0.15) is 0 Å². The molecule has 2 aromatic carbocycles. The first-order valence-corrected chi connectivity index (χ1v) is 9.42. The first-order chi connectivity index (χ1) is 12.0. The molecule has 0 aromatic heterocycles. The van der Waals surface area contributed by atoms with E-state index < -0.39 is 0 Å². The summed E-state index contributed by atoms with van der Waals surface area (Å²) in [6, 6.07) is 15.7. The van der Waals surface area contributed by atoms with Crippen LogP contribution in [0.1, 0.15) is 30.0 Å². The Morgan fingerprint density at radius 1 is 1.20 bits per heavy atom. The normalized spacial score (nSPS) is 15.8. The molecule has 0 bridgehead atoms. The third-order valence-corrected chi connectivity index (χ3v) is 5.09.